The van der Waals surface area contributed by atoms with Crippen molar-refractivity contribution in [2.45, 2.75) is 108 Å². The van der Waals surface area contributed by atoms with Crippen molar-refractivity contribution in [2.24, 2.45) is 5.92 Å². The average Bonchev–Trinajstić information content (AvgIpc) is 4.00. The lowest BCUT2D eigenvalue weighted by atomic mass is 9.98. The van der Waals surface area contributed by atoms with Crippen molar-refractivity contribution < 1.29 is 42.2 Å². The molecule has 3 aromatic rings. The first-order valence-corrected chi connectivity index (χ1v) is 21.3. The number of aromatic nitrogens is 2. The molecule has 2 aliphatic carbocycles. The van der Waals surface area contributed by atoms with Gasteiger partial charge in [0.25, 0.3) is 5.91 Å². The largest absolute Gasteiger partial charge is 0.471 e. The molecule has 4 amide bonds. The number of likely N-dealkylation sites (tertiary alicyclic amines) is 1. The number of carbonyl (C=O) groups is 5. The number of hydrogen-bond donors (Lipinski definition) is 3. The third-order valence-corrected chi connectivity index (χ3v) is 13.0. The molecule has 2 aromatic heterocycles. The lowest BCUT2D eigenvalue weighted by Crippen LogP contribution is -2.61. The molecule has 1 aromatic carbocycles. The molecule has 0 unspecified atom stereocenters. The van der Waals surface area contributed by atoms with Gasteiger partial charge in [-0.2, -0.15) is 0 Å². The first kappa shape index (κ1) is 41.5. The van der Waals surface area contributed by atoms with Gasteiger partial charge in [-0.25, -0.2) is 23.2 Å². The summed E-state index contributed by atoms with van der Waals surface area (Å²) in [5, 5.41) is 14.4. The first-order valence-electron chi connectivity index (χ1n) is 18.8. The van der Waals surface area contributed by atoms with Crippen LogP contribution >= 0.6 is 11.3 Å². The number of allylic oxidation sites excluding steroid dienone is 2. The first-order chi connectivity index (χ1) is 26.8. The maximum absolute atomic E-state index is 14.9. The van der Waals surface area contributed by atoms with Crippen molar-refractivity contribution in [1.29, 1.82) is 0 Å². The van der Waals surface area contributed by atoms with Gasteiger partial charge in [-0.15, -0.1) is 17.9 Å². The van der Waals surface area contributed by atoms with Crippen LogP contribution in [0.1, 0.15) is 73.1 Å². The number of nitrogens with zero attached hydrogens (tertiary/aromatic N) is 4. The Bertz CT molecular complexity index is 2230. The van der Waals surface area contributed by atoms with E-state index in [-0.39, 0.29) is 43.9 Å². The van der Waals surface area contributed by atoms with Crippen molar-refractivity contribution in [3.05, 3.63) is 66.1 Å². The highest BCUT2D eigenvalue weighted by Gasteiger charge is 2.62. The third kappa shape index (κ3) is 9.04. The summed E-state index contributed by atoms with van der Waals surface area (Å²) in [6, 6.07) is 8.28. The summed E-state index contributed by atoms with van der Waals surface area (Å²) in [6.45, 7) is 12.0. The van der Waals surface area contributed by atoms with Crippen molar-refractivity contribution in [2.75, 3.05) is 6.54 Å². The van der Waals surface area contributed by atoms with Crippen molar-refractivity contribution in [3.63, 3.8) is 0 Å². The van der Waals surface area contributed by atoms with Crippen LogP contribution in [0, 0.1) is 5.92 Å². The molecule has 0 bridgehead atoms. The summed E-state index contributed by atoms with van der Waals surface area (Å²) in [7, 11) is -3.96. The fraction of sp³-hybridized carbons (Fsp3) is 0.475. The Kier molecular flexibility index (Phi) is 11.6. The monoisotopic (exact) mass is 820 g/mol. The number of carbonyl (C=O) groups excluding carboxylic acids is 4. The molecule has 17 heteroatoms. The van der Waals surface area contributed by atoms with Crippen LogP contribution in [0.15, 0.2) is 66.1 Å². The van der Waals surface area contributed by atoms with Gasteiger partial charge in [0.2, 0.25) is 27.7 Å². The summed E-state index contributed by atoms with van der Waals surface area (Å²) < 4.78 is 34.2. The minimum Gasteiger partial charge on any atom is -0.471 e. The predicted octanol–water partition coefficient (Wildman–Crippen LogP) is 4.84. The molecule has 1 saturated heterocycles. The summed E-state index contributed by atoms with van der Waals surface area (Å²) in [5.74, 6) is -3.13. The van der Waals surface area contributed by atoms with E-state index in [1.54, 1.807) is 40.7 Å². The Morgan fingerprint density at radius 1 is 1.11 bits per heavy atom. The van der Waals surface area contributed by atoms with E-state index in [1.807, 2.05) is 35.7 Å². The standard InChI is InChI=1S/C40H48N6O9S2/c1-7-24-21-40(24,37(50)44-57(53,54)27-15-16-27)43-34(48)31-20-26(55-35-33(32-13-10-18-56-32)41-28-11-8-9-12-29(28)42-35)22-45(31)36(49)30(17-14-25(47)19-23(2)3)46(38(51)52)39(4,5)6/h7-13,18-19,24,26-27,30-31H,1,14-17,20-22H2,2-6H3,(H,43,48)(H,44,50)(H,51,52)/t24-,26-,30+,31+,40-/m1/s1. The number of rotatable bonds is 15. The van der Waals surface area contributed by atoms with Crippen LogP contribution in [0.5, 0.6) is 5.88 Å². The number of hydrogen-bond acceptors (Lipinski definition) is 11. The van der Waals surface area contributed by atoms with Crippen LogP contribution in [-0.2, 0) is 29.2 Å². The fourth-order valence-corrected chi connectivity index (χ4v) is 9.38. The van der Waals surface area contributed by atoms with Crippen molar-refractivity contribution >= 4 is 62.0 Å². The second kappa shape index (κ2) is 16.0. The number of sulfonamides is 1. The minimum absolute atomic E-state index is 0.0810. The molecule has 3 aliphatic rings. The molecule has 0 radical (unpaired) electrons. The minimum atomic E-state index is -3.96. The van der Waals surface area contributed by atoms with E-state index in [0.717, 1.165) is 15.4 Å². The number of amides is 4. The van der Waals surface area contributed by atoms with Gasteiger partial charge in [0.15, 0.2) is 5.78 Å². The quantitative estimate of drug-likeness (QED) is 0.140. The Labute approximate surface area is 335 Å². The highest BCUT2D eigenvalue weighted by atomic mass is 32.2. The van der Waals surface area contributed by atoms with Crippen LogP contribution in [-0.4, -0.2) is 104 Å². The topological polar surface area (TPSA) is 205 Å². The molecular weight excluding hydrogens is 773 g/mol. The number of ketones is 1. The maximum atomic E-state index is 14.9. The van der Waals surface area contributed by atoms with Crippen LogP contribution in [0.3, 0.4) is 0 Å². The summed E-state index contributed by atoms with van der Waals surface area (Å²) in [4.78, 5) is 81.3. The molecule has 6 rings (SSSR count). The predicted molar refractivity (Wildman–Crippen MR) is 214 cm³/mol. The molecule has 2 saturated carbocycles. The van der Waals surface area contributed by atoms with Crippen LogP contribution < -0.4 is 14.8 Å². The summed E-state index contributed by atoms with van der Waals surface area (Å²) >= 11 is 1.43. The Hall–Kier alpha value is -5.16. The second-order valence-corrected chi connectivity index (χ2v) is 19.0. The maximum Gasteiger partial charge on any atom is 0.408 e. The molecule has 3 heterocycles. The lowest BCUT2D eigenvalue weighted by Gasteiger charge is -2.41. The zero-order valence-electron chi connectivity index (χ0n) is 32.6. The van der Waals surface area contributed by atoms with Crippen LogP contribution in [0.25, 0.3) is 21.6 Å². The number of para-hydroxylation sites is 2. The zero-order valence-corrected chi connectivity index (χ0v) is 34.2. The number of nitrogens with one attached hydrogen (secondary N) is 2. The molecule has 5 atom stereocenters. The van der Waals surface area contributed by atoms with E-state index in [2.05, 4.69) is 16.6 Å². The highest BCUT2D eigenvalue weighted by molar-refractivity contribution is 7.91. The van der Waals surface area contributed by atoms with Gasteiger partial charge < -0.3 is 20.1 Å². The Morgan fingerprint density at radius 2 is 1.79 bits per heavy atom. The van der Waals surface area contributed by atoms with Gasteiger partial charge in [0, 0.05) is 24.3 Å². The molecule has 304 valence electrons. The highest BCUT2D eigenvalue weighted by Crippen LogP contribution is 2.46. The van der Waals surface area contributed by atoms with Gasteiger partial charge in [-0.3, -0.25) is 28.8 Å². The molecule has 1 aliphatic heterocycles. The van der Waals surface area contributed by atoms with E-state index in [0.29, 0.717) is 29.6 Å². The second-order valence-electron chi connectivity index (χ2n) is 16.1. The molecule has 3 N–H and O–H groups in total. The van der Waals surface area contributed by atoms with Crippen LogP contribution in [0.2, 0.25) is 0 Å². The van der Waals surface area contributed by atoms with Crippen molar-refractivity contribution in [1.82, 2.24) is 29.8 Å². The molecule has 57 heavy (non-hydrogen) atoms. The Balaban J connectivity index is 1.37. The van der Waals surface area contributed by atoms with E-state index in [4.69, 9.17) is 14.7 Å². The lowest BCUT2D eigenvalue weighted by molar-refractivity contribution is -0.144. The van der Waals surface area contributed by atoms with E-state index in [9.17, 15) is 37.5 Å². The molecular formula is C40H48N6O9S2. The number of carboxylic acid groups (broad SMARTS) is 1. The number of ether oxygens (including phenoxy) is 1. The SMILES string of the molecule is C=C[C@@H]1C[C@]1(NC(=O)[C@@H]1C[C@@H](Oc2nc3ccccc3nc2-c2cccs2)CN1C(=O)[C@H](CCC(=O)C=C(C)C)N(C(=O)O)C(C)(C)C)C(=O)NS(=O)(=O)C1CC1. The van der Waals surface area contributed by atoms with Gasteiger partial charge >= 0.3 is 6.09 Å². The number of benzene rings is 1. The Morgan fingerprint density at radius 3 is 2.35 bits per heavy atom. The van der Waals surface area contributed by atoms with Crippen LogP contribution in [0.4, 0.5) is 4.79 Å². The van der Waals surface area contributed by atoms with Gasteiger partial charge in [0.05, 0.1) is 27.7 Å². The van der Waals surface area contributed by atoms with Crippen molar-refractivity contribution in [3.8, 4) is 16.5 Å². The molecule has 15 nitrogen and oxygen atoms in total. The summed E-state index contributed by atoms with van der Waals surface area (Å²) in [5.41, 5.74) is -0.369. The van der Waals surface area contributed by atoms with E-state index in [1.165, 1.54) is 28.4 Å². The number of thiophene rings is 1. The van der Waals surface area contributed by atoms with Gasteiger partial charge in [0.1, 0.15) is 29.4 Å². The molecule has 3 fully saturated rings. The normalized spacial score (nSPS) is 22.3. The van der Waals surface area contributed by atoms with Gasteiger partial charge in [-0.05, 0) is 90.0 Å². The fourth-order valence-electron chi connectivity index (χ4n) is 7.31. The average molecular weight is 821 g/mol. The van der Waals surface area contributed by atoms with E-state index < -0.39 is 74.3 Å². The van der Waals surface area contributed by atoms with E-state index >= 15 is 0 Å². The number of fused-ring (bicyclic) bond motifs is 1. The third-order valence-electron chi connectivity index (χ3n) is 10.3. The van der Waals surface area contributed by atoms with Gasteiger partial charge in [-0.1, -0.05) is 29.8 Å². The summed E-state index contributed by atoms with van der Waals surface area (Å²) in [6.07, 6.45) is 1.13. The molecule has 0 spiro atoms. The zero-order chi connectivity index (χ0) is 41.4. The smallest absolute Gasteiger partial charge is 0.408 e.